The van der Waals surface area contributed by atoms with Gasteiger partial charge in [-0.1, -0.05) is 6.07 Å². The summed E-state index contributed by atoms with van der Waals surface area (Å²) < 4.78 is 8.97. The molecule has 0 radical (unpaired) electrons. The van der Waals surface area contributed by atoms with Crippen LogP contribution in [0.2, 0.25) is 0 Å². The maximum absolute atomic E-state index is 8.97. The SMILES string of the molecule is FCl.c1ccncc1. The van der Waals surface area contributed by atoms with Crippen LogP contribution < -0.4 is 0 Å². The molecule has 8 heavy (non-hydrogen) atoms. The van der Waals surface area contributed by atoms with Gasteiger partial charge in [-0.15, -0.1) is 3.98 Å². The highest BCUT2D eigenvalue weighted by Gasteiger charge is 1.58. The molecule has 44 valence electrons. The number of hydrogen-bond donors (Lipinski definition) is 0. The Bertz CT molecular complexity index is 84.4. The first-order chi connectivity index (χ1) is 4.00. The Kier molecular flexibility index (Phi) is 5.87. The summed E-state index contributed by atoms with van der Waals surface area (Å²) in [7, 11) is 0. The molecule has 0 aliphatic carbocycles. The van der Waals surface area contributed by atoms with Crippen molar-refractivity contribution < 1.29 is 3.98 Å². The lowest BCUT2D eigenvalue weighted by Crippen LogP contribution is -1.58. The van der Waals surface area contributed by atoms with Gasteiger partial charge in [0.25, 0.3) is 0 Å². The first kappa shape index (κ1) is 7.37. The second-order valence-corrected chi connectivity index (χ2v) is 1.02. The first-order valence-corrected chi connectivity index (χ1v) is 2.28. The largest absolute Gasteiger partial charge is 0.265 e. The minimum absolute atomic E-state index is 1.75. The highest BCUT2D eigenvalue weighted by atomic mass is 35.5. The van der Waals surface area contributed by atoms with Crippen LogP contribution in [0.5, 0.6) is 0 Å². The summed E-state index contributed by atoms with van der Waals surface area (Å²) in [6, 6.07) is 5.72. The summed E-state index contributed by atoms with van der Waals surface area (Å²) in [5.74, 6) is 0. The Morgan fingerprint density at radius 2 is 1.50 bits per heavy atom. The molecule has 0 amide bonds. The molecule has 0 saturated carbocycles. The molecule has 1 rings (SSSR count). The van der Waals surface area contributed by atoms with Crippen molar-refractivity contribution in [3.8, 4) is 0 Å². The van der Waals surface area contributed by atoms with Gasteiger partial charge in [-0.25, -0.2) is 0 Å². The van der Waals surface area contributed by atoms with Crippen molar-refractivity contribution in [3.63, 3.8) is 0 Å². The van der Waals surface area contributed by atoms with Gasteiger partial charge in [0.2, 0.25) is 0 Å². The van der Waals surface area contributed by atoms with Gasteiger partial charge in [0.05, 0.1) is 0 Å². The number of nitrogens with zero attached hydrogens (tertiary/aromatic N) is 1. The molecule has 1 nitrogen and oxygen atoms in total. The van der Waals surface area contributed by atoms with Crippen molar-refractivity contribution >= 4 is 12.0 Å². The van der Waals surface area contributed by atoms with Crippen LogP contribution in [0.15, 0.2) is 30.6 Å². The predicted octanol–water partition coefficient (Wildman–Crippen LogP) is 2.19. The molecule has 0 aromatic carbocycles. The Morgan fingerprint density at radius 3 is 1.62 bits per heavy atom. The minimum atomic E-state index is 1.75. The van der Waals surface area contributed by atoms with E-state index in [4.69, 9.17) is 3.98 Å². The fourth-order valence-corrected chi connectivity index (χ4v) is 0.313. The highest BCUT2D eigenvalue weighted by Crippen LogP contribution is 1.73. The van der Waals surface area contributed by atoms with Gasteiger partial charge in [0, 0.05) is 12.4 Å². The van der Waals surface area contributed by atoms with Crippen molar-refractivity contribution in [1.29, 1.82) is 0 Å². The first-order valence-electron chi connectivity index (χ1n) is 1.99. The van der Waals surface area contributed by atoms with Crippen LogP contribution in [0.3, 0.4) is 0 Å². The van der Waals surface area contributed by atoms with E-state index in [1.54, 1.807) is 12.4 Å². The molecular weight excluding hydrogens is 129 g/mol. The summed E-state index contributed by atoms with van der Waals surface area (Å²) in [4.78, 5) is 3.78. The lowest BCUT2D eigenvalue weighted by atomic mass is 10.5. The zero-order chi connectivity index (χ0) is 6.24. The molecule has 1 aromatic heterocycles. The fourth-order valence-electron chi connectivity index (χ4n) is 0.313. The number of aromatic nitrogens is 1. The quantitative estimate of drug-likeness (QED) is 0.529. The predicted molar refractivity (Wildman–Crippen MR) is 31.2 cm³/mol. The van der Waals surface area contributed by atoms with Crippen LogP contribution in [-0.2, 0) is 0 Å². The Balaban J connectivity index is 0.000000222. The molecule has 3 heteroatoms. The van der Waals surface area contributed by atoms with Gasteiger partial charge in [-0.05, 0) is 12.1 Å². The summed E-state index contributed by atoms with van der Waals surface area (Å²) in [5, 5.41) is 0. The average Bonchev–Trinajstić information content (AvgIpc) is 1.96. The molecular formula is C5H5ClFN. The van der Waals surface area contributed by atoms with Crippen molar-refractivity contribution in [1.82, 2.24) is 4.98 Å². The molecule has 0 atom stereocenters. The summed E-state index contributed by atoms with van der Waals surface area (Å²) in [5.41, 5.74) is 0. The van der Waals surface area contributed by atoms with Crippen molar-refractivity contribution in [2.45, 2.75) is 0 Å². The lowest BCUT2D eigenvalue weighted by Gasteiger charge is -1.70. The van der Waals surface area contributed by atoms with E-state index in [9.17, 15) is 0 Å². The van der Waals surface area contributed by atoms with Crippen LogP contribution in [-0.4, -0.2) is 4.98 Å². The van der Waals surface area contributed by atoms with Crippen LogP contribution in [0, 0.1) is 0 Å². The smallest absolute Gasteiger partial charge is 0.116 e. The normalized spacial score (nSPS) is 6.75. The molecule has 0 unspecified atom stereocenters. The van der Waals surface area contributed by atoms with Crippen molar-refractivity contribution in [3.05, 3.63) is 30.6 Å². The van der Waals surface area contributed by atoms with E-state index in [0.717, 1.165) is 0 Å². The van der Waals surface area contributed by atoms with Crippen LogP contribution in [0.25, 0.3) is 0 Å². The van der Waals surface area contributed by atoms with E-state index in [0.29, 0.717) is 0 Å². The van der Waals surface area contributed by atoms with Crippen molar-refractivity contribution in [2.75, 3.05) is 0 Å². The Hall–Kier alpha value is -0.630. The van der Waals surface area contributed by atoms with E-state index < -0.39 is 0 Å². The molecule has 1 aromatic rings. The zero-order valence-electron chi connectivity index (χ0n) is 4.09. The molecule has 0 N–H and O–H groups in total. The highest BCUT2D eigenvalue weighted by molar-refractivity contribution is 6.06. The summed E-state index contributed by atoms with van der Waals surface area (Å²) in [6.45, 7) is 0. The van der Waals surface area contributed by atoms with Crippen LogP contribution >= 0.6 is 12.0 Å². The average molecular weight is 134 g/mol. The third-order valence-corrected chi connectivity index (χ3v) is 0.566. The van der Waals surface area contributed by atoms with E-state index >= 15 is 0 Å². The zero-order valence-corrected chi connectivity index (χ0v) is 4.85. The number of pyridine rings is 1. The maximum atomic E-state index is 8.97. The van der Waals surface area contributed by atoms with Crippen molar-refractivity contribution in [2.24, 2.45) is 0 Å². The monoisotopic (exact) mass is 133 g/mol. The van der Waals surface area contributed by atoms with Crippen LogP contribution in [0.4, 0.5) is 3.98 Å². The van der Waals surface area contributed by atoms with Gasteiger partial charge in [0.15, 0.2) is 0 Å². The Labute approximate surface area is 52.4 Å². The van der Waals surface area contributed by atoms with E-state index in [1.807, 2.05) is 18.2 Å². The minimum Gasteiger partial charge on any atom is -0.265 e. The second kappa shape index (κ2) is 6.37. The van der Waals surface area contributed by atoms with Gasteiger partial charge in [0.1, 0.15) is 12.0 Å². The van der Waals surface area contributed by atoms with Gasteiger partial charge in [-0.2, -0.15) is 0 Å². The van der Waals surface area contributed by atoms with Gasteiger partial charge >= 0.3 is 0 Å². The summed E-state index contributed by atoms with van der Waals surface area (Å²) in [6.07, 6.45) is 3.50. The number of hydrogen-bond acceptors (Lipinski definition) is 1. The molecule has 0 aliphatic heterocycles. The molecule has 0 fully saturated rings. The second-order valence-electron chi connectivity index (χ2n) is 1.02. The van der Waals surface area contributed by atoms with Crippen LogP contribution in [0.1, 0.15) is 0 Å². The van der Waals surface area contributed by atoms with E-state index in [-0.39, 0.29) is 0 Å². The lowest BCUT2D eigenvalue weighted by molar-refractivity contribution is 0.906. The summed E-state index contributed by atoms with van der Waals surface area (Å²) >= 11 is 3.14. The van der Waals surface area contributed by atoms with E-state index in [1.165, 1.54) is 0 Å². The van der Waals surface area contributed by atoms with Gasteiger partial charge in [-0.3, -0.25) is 4.98 Å². The fraction of sp³-hybridized carbons (Fsp3) is 0. The van der Waals surface area contributed by atoms with E-state index in [2.05, 4.69) is 16.9 Å². The topological polar surface area (TPSA) is 12.9 Å². The standard InChI is InChI=1S/C5H5N.ClF/c1-2-4-6-5-3-1;1-2/h1-5H;. The molecule has 1 heterocycles. The number of rotatable bonds is 0. The third-order valence-electron chi connectivity index (χ3n) is 0.566. The molecule has 0 aliphatic rings. The Morgan fingerprint density at radius 1 is 1.00 bits per heavy atom. The maximum Gasteiger partial charge on any atom is 0.116 e. The third kappa shape index (κ3) is 3.56. The van der Waals surface area contributed by atoms with Gasteiger partial charge < -0.3 is 0 Å². The molecule has 0 spiro atoms. The molecule has 0 saturated heterocycles. The molecule has 0 bridgehead atoms. The number of halogens is 2.